The second kappa shape index (κ2) is 9.55. The number of hydrogen-bond donors (Lipinski definition) is 2. The molecule has 0 spiro atoms. The molecule has 0 radical (unpaired) electrons. The van der Waals surface area contributed by atoms with E-state index >= 15 is 0 Å². The second-order valence-corrected chi connectivity index (χ2v) is 7.12. The molecular weight excluding hydrogens is 384 g/mol. The Balaban J connectivity index is 1.60. The van der Waals surface area contributed by atoms with E-state index in [0.717, 1.165) is 21.9 Å². The van der Waals surface area contributed by atoms with Crippen LogP contribution in [0.15, 0.2) is 109 Å². The Morgan fingerprint density at radius 1 is 0.710 bits per heavy atom. The highest BCUT2D eigenvalue weighted by atomic mass is 16.2. The third-order valence-corrected chi connectivity index (χ3v) is 4.93. The van der Waals surface area contributed by atoms with Gasteiger partial charge in [0.2, 0.25) is 0 Å². The van der Waals surface area contributed by atoms with Crippen molar-refractivity contribution >= 4 is 28.7 Å². The molecule has 4 aromatic carbocycles. The summed E-state index contributed by atoms with van der Waals surface area (Å²) in [6.45, 7) is 0.371. The van der Waals surface area contributed by atoms with E-state index in [9.17, 15) is 9.59 Å². The Morgan fingerprint density at radius 2 is 1.35 bits per heavy atom. The molecule has 31 heavy (non-hydrogen) atoms. The first kappa shape index (κ1) is 20.1. The number of benzene rings is 4. The molecule has 0 aliphatic carbocycles. The lowest BCUT2D eigenvalue weighted by Gasteiger charge is -2.12. The highest BCUT2D eigenvalue weighted by Gasteiger charge is 2.16. The van der Waals surface area contributed by atoms with E-state index in [1.165, 1.54) is 0 Å². The fourth-order valence-electron chi connectivity index (χ4n) is 3.36. The zero-order valence-electron chi connectivity index (χ0n) is 16.9. The van der Waals surface area contributed by atoms with Crippen LogP contribution in [0, 0.1) is 0 Å². The van der Waals surface area contributed by atoms with Crippen LogP contribution < -0.4 is 10.6 Å². The van der Waals surface area contributed by atoms with E-state index in [-0.39, 0.29) is 17.5 Å². The number of nitrogens with one attached hydrogen (secondary N) is 2. The van der Waals surface area contributed by atoms with Crippen LogP contribution in [0.4, 0.5) is 0 Å². The van der Waals surface area contributed by atoms with E-state index in [1.807, 2.05) is 97.1 Å². The van der Waals surface area contributed by atoms with Crippen LogP contribution in [-0.4, -0.2) is 11.8 Å². The molecule has 0 atom stereocenters. The Hall–Kier alpha value is -4.18. The van der Waals surface area contributed by atoms with Gasteiger partial charge in [0.1, 0.15) is 5.70 Å². The van der Waals surface area contributed by atoms with E-state index in [4.69, 9.17) is 0 Å². The van der Waals surface area contributed by atoms with Crippen molar-refractivity contribution in [3.8, 4) is 0 Å². The molecule has 0 fully saturated rings. The number of carbonyl (C=O) groups is 2. The van der Waals surface area contributed by atoms with Crippen LogP contribution in [0.2, 0.25) is 0 Å². The van der Waals surface area contributed by atoms with Gasteiger partial charge in [-0.25, -0.2) is 0 Å². The molecule has 4 rings (SSSR count). The molecule has 0 saturated carbocycles. The topological polar surface area (TPSA) is 58.2 Å². The van der Waals surface area contributed by atoms with Gasteiger partial charge in [-0.3, -0.25) is 9.59 Å². The van der Waals surface area contributed by atoms with Gasteiger partial charge in [0.25, 0.3) is 11.8 Å². The minimum Gasteiger partial charge on any atom is -0.347 e. The lowest BCUT2D eigenvalue weighted by Crippen LogP contribution is -2.34. The van der Waals surface area contributed by atoms with Crippen LogP contribution in [0.25, 0.3) is 16.8 Å². The fourth-order valence-corrected chi connectivity index (χ4v) is 3.36. The molecular formula is C27H22N2O2. The smallest absolute Gasteiger partial charge is 0.268 e. The zero-order chi connectivity index (χ0) is 21.5. The molecule has 0 bridgehead atoms. The largest absolute Gasteiger partial charge is 0.347 e. The molecule has 2 amide bonds. The Kier molecular flexibility index (Phi) is 6.19. The van der Waals surface area contributed by atoms with E-state index in [1.54, 1.807) is 12.1 Å². The van der Waals surface area contributed by atoms with Crippen LogP contribution >= 0.6 is 0 Å². The molecule has 0 aliphatic heterocycles. The molecule has 4 aromatic rings. The van der Waals surface area contributed by atoms with Gasteiger partial charge < -0.3 is 10.6 Å². The van der Waals surface area contributed by atoms with Gasteiger partial charge in [-0.15, -0.1) is 0 Å². The molecule has 0 saturated heterocycles. The van der Waals surface area contributed by atoms with Crippen LogP contribution in [-0.2, 0) is 11.3 Å². The van der Waals surface area contributed by atoms with Crippen molar-refractivity contribution in [1.29, 1.82) is 0 Å². The van der Waals surface area contributed by atoms with Crippen molar-refractivity contribution in [3.05, 3.63) is 126 Å². The van der Waals surface area contributed by atoms with Crippen LogP contribution in [0.3, 0.4) is 0 Å². The number of carbonyl (C=O) groups excluding carboxylic acids is 2. The predicted octanol–water partition coefficient (Wildman–Crippen LogP) is 4.93. The van der Waals surface area contributed by atoms with Crippen molar-refractivity contribution in [2.45, 2.75) is 6.54 Å². The first-order chi connectivity index (χ1) is 15.2. The Labute approximate surface area is 181 Å². The lowest BCUT2D eigenvalue weighted by atomic mass is 10.0. The summed E-state index contributed by atoms with van der Waals surface area (Å²) in [6.07, 6.45) is 1.68. The monoisotopic (exact) mass is 406 g/mol. The minimum absolute atomic E-state index is 0.195. The number of rotatable bonds is 6. The maximum absolute atomic E-state index is 13.1. The minimum atomic E-state index is -0.346. The number of amides is 2. The summed E-state index contributed by atoms with van der Waals surface area (Å²) < 4.78 is 0. The number of fused-ring (bicyclic) bond motifs is 1. The van der Waals surface area contributed by atoms with E-state index < -0.39 is 0 Å². The average Bonchev–Trinajstić information content (AvgIpc) is 2.83. The van der Waals surface area contributed by atoms with E-state index in [2.05, 4.69) is 10.6 Å². The van der Waals surface area contributed by atoms with Crippen LogP contribution in [0.1, 0.15) is 21.5 Å². The highest BCUT2D eigenvalue weighted by molar-refractivity contribution is 6.11. The van der Waals surface area contributed by atoms with Gasteiger partial charge in [0, 0.05) is 12.1 Å². The van der Waals surface area contributed by atoms with Crippen LogP contribution in [0.5, 0.6) is 0 Å². The summed E-state index contributed by atoms with van der Waals surface area (Å²) in [5.41, 5.74) is 2.52. The molecule has 2 N–H and O–H groups in total. The third kappa shape index (κ3) is 5.06. The SMILES string of the molecule is O=C(NCc1ccccc1)C(=Cc1ccccc1)NC(=O)c1cccc2ccccc12. The van der Waals surface area contributed by atoms with Gasteiger partial charge in [0.05, 0.1) is 0 Å². The summed E-state index contributed by atoms with van der Waals surface area (Å²) in [7, 11) is 0. The Morgan fingerprint density at radius 3 is 2.13 bits per heavy atom. The fraction of sp³-hybridized carbons (Fsp3) is 0.0370. The summed E-state index contributed by atoms with van der Waals surface area (Å²) >= 11 is 0. The maximum atomic E-state index is 13.1. The molecule has 4 heteroatoms. The van der Waals surface area contributed by atoms with Crippen molar-refractivity contribution < 1.29 is 9.59 Å². The first-order valence-corrected chi connectivity index (χ1v) is 10.1. The summed E-state index contributed by atoms with van der Waals surface area (Å²) in [4.78, 5) is 26.1. The summed E-state index contributed by atoms with van der Waals surface area (Å²) in [5.74, 6) is -0.671. The molecule has 0 aromatic heterocycles. The van der Waals surface area contributed by atoms with E-state index in [0.29, 0.717) is 12.1 Å². The molecule has 0 heterocycles. The van der Waals surface area contributed by atoms with Gasteiger partial charge in [-0.2, -0.15) is 0 Å². The standard InChI is InChI=1S/C27H22N2O2/c30-26(24-17-9-15-22-14-7-8-16-23(22)24)29-25(18-20-10-3-1-4-11-20)27(31)28-19-21-12-5-2-6-13-21/h1-18H,19H2,(H,28,31)(H,29,30). The molecule has 0 aliphatic rings. The van der Waals surface area contributed by atoms with Gasteiger partial charge >= 0.3 is 0 Å². The molecule has 4 nitrogen and oxygen atoms in total. The molecule has 0 unspecified atom stereocenters. The quantitative estimate of drug-likeness (QED) is 0.446. The van der Waals surface area contributed by atoms with Gasteiger partial charge in [0.15, 0.2) is 0 Å². The highest BCUT2D eigenvalue weighted by Crippen LogP contribution is 2.19. The van der Waals surface area contributed by atoms with Gasteiger partial charge in [-0.05, 0) is 34.0 Å². The predicted molar refractivity (Wildman–Crippen MR) is 124 cm³/mol. The van der Waals surface area contributed by atoms with Crippen molar-refractivity contribution in [1.82, 2.24) is 10.6 Å². The summed E-state index contributed by atoms with van der Waals surface area (Å²) in [6, 6.07) is 32.3. The average molecular weight is 406 g/mol. The summed E-state index contributed by atoms with van der Waals surface area (Å²) in [5, 5.41) is 7.52. The van der Waals surface area contributed by atoms with Crippen molar-refractivity contribution in [3.63, 3.8) is 0 Å². The normalized spacial score (nSPS) is 11.2. The Bertz CT molecular complexity index is 1230. The van der Waals surface area contributed by atoms with Crippen molar-refractivity contribution in [2.24, 2.45) is 0 Å². The number of hydrogen-bond acceptors (Lipinski definition) is 2. The maximum Gasteiger partial charge on any atom is 0.268 e. The first-order valence-electron chi connectivity index (χ1n) is 10.1. The zero-order valence-corrected chi connectivity index (χ0v) is 16.9. The van der Waals surface area contributed by atoms with Crippen molar-refractivity contribution in [2.75, 3.05) is 0 Å². The van der Waals surface area contributed by atoms with Gasteiger partial charge in [-0.1, -0.05) is 97.1 Å². The lowest BCUT2D eigenvalue weighted by molar-refractivity contribution is -0.117. The second-order valence-electron chi connectivity index (χ2n) is 7.12. The third-order valence-electron chi connectivity index (χ3n) is 4.93. The molecule has 152 valence electrons.